The Balaban J connectivity index is 2.86. The third kappa shape index (κ3) is 3.27. The number of anilines is 1. The number of hydrogen-bond donors (Lipinski definition) is 1. The molecular weight excluding hydrogens is 219 g/mol. The van der Waals surface area contributed by atoms with Crippen LogP contribution in [-0.2, 0) is 4.79 Å². The summed E-state index contributed by atoms with van der Waals surface area (Å²) in [6.45, 7) is 3.70. The molecule has 0 radical (unpaired) electrons. The van der Waals surface area contributed by atoms with Gasteiger partial charge in [0.05, 0.1) is 5.54 Å². The van der Waals surface area contributed by atoms with Gasteiger partial charge in [0.2, 0.25) is 5.91 Å². The standard InChI is InChI=1S/C13H19FN2O/c1-4-9-13(2,15)12(17)16(3)11-7-5-10(14)6-8-11/h5-8H,4,9,15H2,1-3H3. The summed E-state index contributed by atoms with van der Waals surface area (Å²) in [5, 5.41) is 0. The Hall–Kier alpha value is -1.42. The van der Waals surface area contributed by atoms with Crippen molar-refractivity contribution in [3.05, 3.63) is 30.1 Å². The van der Waals surface area contributed by atoms with Crippen LogP contribution in [0.4, 0.5) is 10.1 Å². The smallest absolute Gasteiger partial charge is 0.246 e. The van der Waals surface area contributed by atoms with Crippen molar-refractivity contribution in [3.63, 3.8) is 0 Å². The summed E-state index contributed by atoms with van der Waals surface area (Å²) in [4.78, 5) is 13.6. The first-order chi connectivity index (χ1) is 7.88. The number of benzene rings is 1. The molecule has 0 bridgehead atoms. The molecule has 17 heavy (non-hydrogen) atoms. The third-order valence-corrected chi connectivity index (χ3v) is 2.78. The van der Waals surface area contributed by atoms with E-state index < -0.39 is 5.54 Å². The number of halogens is 1. The molecule has 1 amide bonds. The Kier molecular flexibility index (Phi) is 4.23. The molecule has 1 rings (SSSR count). The van der Waals surface area contributed by atoms with E-state index in [1.807, 2.05) is 6.92 Å². The van der Waals surface area contributed by atoms with E-state index in [2.05, 4.69) is 0 Å². The second-order valence-corrected chi connectivity index (χ2v) is 4.51. The molecule has 0 aliphatic heterocycles. The van der Waals surface area contributed by atoms with Gasteiger partial charge in [-0.05, 0) is 37.6 Å². The van der Waals surface area contributed by atoms with Crippen LogP contribution in [0, 0.1) is 5.82 Å². The molecule has 4 heteroatoms. The molecule has 2 N–H and O–H groups in total. The molecule has 0 aliphatic carbocycles. The van der Waals surface area contributed by atoms with Gasteiger partial charge >= 0.3 is 0 Å². The number of carbonyl (C=O) groups excluding carboxylic acids is 1. The summed E-state index contributed by atoms with van der Waals surface area (Å²) in [6.07, 6.45) is 1.47. The molecule has 0 saturated carbocycles. The molecule has 94 valence electrons. The molecule has 0 saturated heterocycles. The monoisotopic (exact) mass is 238 g/mol. The van der Waals surface area contributed by atoms with E-state index in [0.29, 0.717) is 12.1 Å². The molecule has 0 aliphatic rings. The van der Waals surface area contributed by atoms with Crippen LogP contribution in [0.15, 0.2) is 24.3 Å². The number of likely N-dealkylation sites (N-methyl/N-ethyl adjacent to an activating group) is 1. The fourth-order valence-electron chi connectivity index (χ4n) is 1.79. The quantitative estimate of drug-likeness (QED) is 0.875. The highest BCUT2D eigenvalue weighted by molar-refractivity contribution is 5.99. The Morgan fingerprint density at radius 3 is 2.41 bits per heavy atom. The summed E-state index contributed by atoms with van der Waals surface area (Å²) in [7, 11) is 1.65. The molecule has 0 fully saturated rings. The minimum Gasteiger partial charge on any atom is -0.318 e. The van der Waals surface area contributed by atoms with Gasteiger partial charge in [0.1, 0.15) is 5.82 Å². The van der Waals surface area contributed by atoms with E-state index in [1.165, 1.54) is 17.0 Å². The number of nitrogens with zero attached hydrogens (tertiary/aromatic N) is 1. The zero-order valence-corrected chi connectivity index (χ0v) is 10.5. The highest BCUT2D eigenvalue weighted by atomic mass is 19.1. The van der Waals surface area contributed by atoms with Gasteiger partial charge in [-0.1, -0.05) is 13.3 Å². The highest BCUT2D eigenvalue weighted by Gasteiger charge is 2.30. The third-order valence-electron chi connectivity index (χ3n) is 2.78. The normalized spacial score (nSPS) is 14.2. The van der Waals surface area contributed by atoms with Crippen LogP contribution in [0.3, 0.4) is 0 Å². The van der Waals surface area contributed by atoms with E-state index in [-0.39, 0.29) is 11.7 Å². The highest BCUT2D eigenvalue weighted by Crippen LogP contribution is 2.19. The van der Waals surface area contributed by atoms with Gasteiger partial charge in [0.15, 0.2) is 0 Å². The van der Waals surface area contributed by atoms with Crippen LogP contribution in [0.5, 0.6) is 0 Å². The maximum absolute atomic E-state index is 12.8. The summed E-state index contributed by atoms with van der Waals surface area (Å²) >= 11 is 0. The molecule has 0 heterocycles. The molecule has 0 aromatic heterocycles. The molecule has 1 atom stereocenters. The average molecular weight is 238 g/mol. The maximum Gasteiger partial charge on any atom is 0.246 e. The van der Waals surface area contributed by atoms with E-state index in [9.17, 15) is 9.18 Å². The van der Waals surface area contributed by atoms with Crippen molar-refractivity contribution in [2.75, 3.05) is 11.9 Å². The average Bonchev–Trinajstić information content (AvgIpc) is 2.28. The lowest BCUT2D eigenvalue weighted by molar-refractivity contribution is -0.123. The summed E-state index contributed by atoms with van der Waals surface area (Å²) in [6, 6.07) is 5.78. The fourth-order valence-corrected chi connectivity index (χ4v) is 1.79. The number of amides is 1. The molecule has 1 aromatic carbocycles. The second-order valence-electron chi connectivity index (χ2n) is 4.51. The number of carbonyl (C=O) groups is 1. The summed E-state index contributed by atoms with van der Waals surface area (Å²) in [5.74, 6) is -0.482. The van der Waals surface area contributed by atoms with Crippen LogP contribution in [-0.4, -0.2) is 18.5 Å². The number of nitrogens with two attached hydrogens (primary N) is 1. The van der Waals surface area contributed by atoms with Crippen molar-refractivity contribution in [1.82, 2.24) is 0 Å². The van der Waals surface area contributed by atoms with Crippen LogP contribution in [0.2, 0.25) is 0 Å². The van der Waals surface area contributed by atoms with Gasteiger partial charge in [0, 0.05) is 12.7 Å². The summed E-state index contributed by atoms with van der Waals surface area (Å²) < 4.78 is 12.8. The van der Waals surface area contributed by atoms with Crippen molar-refractivity contribution >= 4 is 11.6 Å². The van der Waals surface area contributed by atoms with Crippen molar-refractivity contribution in [3.8, 4) is 0 Å². The van der Waals surface area contributed by atoms with Gasteiger partial charge in [-0.2, -0.15) is 0 Å². The number of rotatable bonds is 4. The van der Waals surface area contributed by atoms with Gasteiger partial charge in [-0.15, -0.1) is 0 Å². The van der Waals surface area contributed by atoms with Gasteiger partial charge in [-0.3, -0.25) is 4.79 Å². The largest absolute Gasteiger partial charge is 0.318 e. The van der Waals surface area contributed by atoms with E-state index >= 15 is 0 Å². The second kappa shape index (κ2) is 5.27. The first kappa shape index (κ1) is 13.6. The van der Waals surface area contributed by atoms with Crippen LogP contribution in [0.25, 0.3) is 0 Å². The maximum atomic E-state index is 12.8. The summed E-state index contributed by atoms with van der Waals surface area (Å²) in [5.41, 5.74) is 5.74. The zero-order valence-electron chi connectivity index (χ0n) is 10.5. The van der Waals surface area contributed by atoms with Crippen molar-refractivity contribution in [2.45, 2.75) is 32.2 Å². The van der Waals surface area contributed by atoms with Crippen molar-refractivity contribution in [2.24, 2.45) is 5.73 Å². The van der Waals surface area contributed by atoms with Crippen molar-refractivity contribution < 1.29 is 9.18 Å². The Bertz CT molecular complexity index is 387. The van der Waals surface area contributed by atoms with E-state index in [1.54, 1.807) is 26.1 Å². The molecule has 1 unspecified atom stereocenters. The van der Waals surface area contributed by atoms with E-state index in [4.69, 9.17) is 5.73 Å². The molecular formula is C13H19FN2O. The van der Waals surface area contributed by atoms with Crippen LogP contribution < -0.4 is 10.6 Å². The Labute approximate surface area is 101 Å². The topological polar surface area (TPSA) is 46.3 Å². The predicted octanol–water partition coefficient (Wildman–Crippen LogP) is 2.31. The Morgan fingerprint density at radius 1 is 1.41 bits per heavy atom. The van der Waals surface area contributed by atoms with Crippen LogP contribution >= 0.6 is 0 Å². The zero-order chi connectivity index (χ0) is 13.1. The fraction of sp³-hybridized carbons (Fsp3) is 0.462. The van der Waals surface area contributed by atoms with Gasteiger partial charge in [-0.25, -0.2) is 4.39 Å². The lowest BCUT2D eigenvalue weighted by Crippen LogP contribution is -2.52. The predicted molar refractivity (Wildman–Crippen MR) is 67.3 cm³/mol. The lowest BCUT2D eigenvalue weighted by atomic mass is 9.95. The minimum absolute atomic E-state index is 0.161. The SMILES string of the molecule is CCCC(C)(N)C(=O)N(C)c1ccc(F)cc1. The number of hydrogen-bond acceptors (Lipinski definition) is 2. The van der Waals surface area contributed by atoms with Gasteiger partial charge in [0.25, 0.3) is 0 Å². The van der Waals surface area contributed by atoms with Crippen LogP contribution in [0.1, 0.15) is 26.7 Å². The molecule has 3 nitrogen and oxygen atoms in total. The molecule has 1 aromatic rings. The Morgan fingerprint density at radius 2 is 1.94 bits per heavy atom. The lowest BCUT2D eigenvalue weighted by Gasteiger charge is -2.29. The first-order valence-electron chi connectivity index (χ1n) is 5.71. The molecule has 0 spiro atoms. The van der Waals surface area contributed by atoms with Gasteiger partial charge < -0.3 is 10.6 Å². The first-order valence-corrected chi connectivity index (χ1v) is 5.71. The van der Waals surface area contributed by atoms with Crippen molar-refractivity contribution in [1.29, 1.82) is 0 Å². The van der Waals surface area contributed by atoms with E-state index in [0.717, 1.165) is 6.42 Å². The minimum atomic E-state index is -0.877.